The van der Waals surface area contributed by atoms with Gasteiger partial charge in [-0.2, -0.15) is 0 Å². The van der Waals surface area contributed by atoms with Crippen molar-refractivity contribution in [2.24, 2.45) is 0 Å². The van der Waals surface area contributed by atoms with Gasteiger partial charge in [0.1, 0.15) is 6.04 Å². The Bertz CT molecular complexity index is 549. The van der Waals surface area contributed by atoms with Crippen LogP contribution in [0, 0.1) is 0 Å². The van der Waals surface area contributed by atoms with E-state index in [1.54, 1.807) is 6.07 Å². The lowest BCUT2D eigenvalue weighted by Gasteiger charge is -2.21. The van der Waals surface area contributed by atoms with Crippen LogP contribution in [-0.4, -0.2) is 47.7 Å². The van der Waals surface area contributed by atoms with E-state index >= 15 is 0 Å². The quantitative estimate of drug-likeness (QED) is 0.929. The second-order valence-electron chi connectivity index (χ2n) is 4.53. The minimum absolute atomic E-state index is 0.201. The molecular weight excluding hydrogens is 305 g/mol. The van der Waals surface area contributed by atoms with E-state index in [9.17, 15) is 14.7 Å². The lowest BCUT2D eigenvalue weighted by molar-refractivity contribution is -0.141. The number of aliphatic carboxylic acids is 1. The number of methoxy groups -OCH3 is 1. The van der Waals surface area contributed by atoms with Crippen molar-refractivity contribution >= 4 is 35.1 Å². The van der Waals surface area contributed by atoms with Gasteiger partial charge in [-0.15, -0.1) is 0 Å². The molecule has 0 aliphatic carbocycles. The van der Waals surface area contributed by atoms with Crippen LogP contribution in [0.5, 0.6) is 0 Å². The molecule has 1 aliphatic heterocycles. The molecule has 20 heavy (non-hydrogen) atoms. The van der Waals surface area contributed by atoms with Gasteiger partial charge in [0.2, 0.25) is 0 Å². The Balaban J connectivity index is 2.29. The summed E-state index contributed by atoms with van der Waals surface area (Å²) in [6.45, 7) is 0.227. The number of halogens is 2. The van der Waals surface area contributed by atoms with Gasteiger partial charge in [-0.1, -0.05) is 23.2 Å². The zero-order valence-electron chi connectivity index (χ0n) is 10.7. The number of carboxylic acids is 1. The van der Waals surface area contributed by atoms with Crippen LogP contribution in [0.3, 0.4) is 0 Å². The fourth-order valence-corrected chi connectivity index (χ4v) is 2.73. The number of carboxylic acid groups (broad SMARTS) is 1. The van der Waals surface area contributed by atoms with E-state index in [-0.39, 0.29) is 29.7 Å². The number of likely N-dealkylation sites (tertiary alicyclic amines) is 1. The summed E-state index contributed by atoms with van der Waals surface area (Å²) in [6.07, 6.45) is -0.0193. The Labute approximate surface area is 126 Å². The summed E-state index contributed by atoms with van der Waals surface area (Å²) < 4.78 is 5.15. The molecule has 0 aromatic heterocycles. The summed E-state index contributed by atoms with van der Waals surface area (Å²) in [7, 11) is 1.49. The third-order valence-corrected chi connectivity index (χ3v) is 3.85. The number of nitrogens with zero attached hydrogens (tertiary/aromatic N) is 1. The maximum Gasteiger partial charge on any atom is 0.326 e. The molecule has 5 nitrogen and oxygen atoms in total. The highest BCUT2D eigenvalue weighted by atomic mass is 35.5. The second kappa shape index (κ2) is 5.99. The third-order valence-electron chi connectivity index (χ3n) is 3.30. The summed E-state index contributed by atoms with van der Waals surface area (Å²) in [6, 6.07) is 3.58. The number of carbonyl (C=O) groups is 2. The van der Waals surface area contributed by atoms with Crippen molar-refractivity contribution in [3.63, 3.8) is 0 Å². The number of benzene rings is 1. The number of hydrogen-bond acceptors (Lipinski definition) is 3. The Morgan fingerprint density at radius 1 is 1.40 bits per heavy atom. The molecule has 1 fully saturated rings. The topological polar surface area (TPSA) is 66.8 Å². The fourth-order valence-electron chi connectivity index (χ4n) is 2.24. The van der Waals surface area contributed by atoms with Gasteiger partial charge in [-0.3, -0.25) is 4.79 Å². The van der Waals surface area contributed by atoms with Crippen molar-refractivity contribution in [3.05, 3.63) is 33.8 Å². The fraction of sp³-hybridized carbons (Fsp3) is 0.385. The zero-order valence-corrected chi connectivity index (χ0v) is 12.2. The first-order chi connectivity index (χ1) is 9.43. The first kappa shape index (κ1) is 15.1. The van der Waals surface area contributed by atoms with E-state index in [4.69, 9.17) is 27.9 Å². The van der Waals surface area contributed by atoms with Gasteiger partial charge in [-0.05, 0) is 18.2 Å². The average molecular weight is 318 g/mol. The summed E-state index contributed by atoms with van der Waals surface area (Å²) in [5, 5.41) is 9.82. The van der Waals surface area contributed by atoms with Crippen molar-refractivity contribution in [2.75, 3.05) is 13.7 Å². The van der Waals surface area contributed by atoms with Gasteiger partial charge in [0.15, 0.2) is 0 Å². The van der Waals surface area contributed by atoms with E-state index < -0.39 is 17.9 Å². The van der Waals surface area contributed by atoms with Crippen LogP contribution in [0.2, 0.25) is 10.0 Å². The molecule has 0 saturated carbocycles. The first-order valence-electron chi connectivity index (χ1n) is 5.95. The van der Waals surface area contributed by atoms with Crippen LogP contribution in [-0.2, 0) is 9.53 Å². The smallest absolute Gasteiger partial charge is 0.326 e. The molecule has 1 amide bonds. The van der Waals surface area contributed by atoms with Crippen LogP contribution in [0.1, 0.15) is 16.8 Å². The summed E-state index contributed by atoms with van der Waals surface area (Å²) in [4.78, 5) is 24.9. The molecule has 7 heteroatoms. The lowest BCUT2D eigenvalue weighted by atomic mass is 10.1. The number of carbonyl (C=O) groups excluding carboxylic acids is 1. The maximum atomic E-state index is 12.4. The molecular formula is C13H13Cl2NO4. The molecule has 108 valence electrons. The lowest BCUT2D eigenvalue weighted by Crippen LogP contribution is -2.40. The Morgan fingerprint density at radius 2 is 2.10 bits per heavy atom. The second-order valence-corrected chi connectivity index (χ2v) is 5.37. The van der Waals surface area contributed by atoms with Crippen LogP contribution < -0.4 is 0 Å². The first-order valence-corrected chi connectivity index (χ1v) is 6.71. The molecule has 2 rings (SSSR count). The van der Waals surface area contributed by atoms with Crippen LogP contribution in [0.15, 0.2) is 18.2 Å². The SMILES string of the molecule is COC1CC(C(=O)O)N(C(=O)c2ccc(Cl)cc2Cl)C1. The predicted molar refractivity (Wildman–Crippen MR) is 74.3 cm³/mol. The Kier molecular flexibility index (Phi) is 4.52. The molecule has 0 bridgehead atoms. The molecule has 0 radical (unpaired) electrons. The van der Waals surface area contributed by atoms with Crippen molar-refractivity contribution in [3.8, 4) is 0 Å². The minimum atomic E-state index is -1.05. The van der Waals surface area contributed by atoms with Gasteiger partial charge < -0.3 is 14.7 Å². The number of ether oxygens (including phenoxy) is 1. The molecule has 1 aliphatic rings. The van der Waals surface area contributed by atoms with Crippen LogP contribution >= 0.6 is 23.2 Å². The molecule has 1 saturated heterocycles. The minimum Gasteiger partial charge on any atom is -0.480 e. The van der Waals surface area contributed by atoms with E-state index in [1.165, 1.54) is 24.1 Å². The number of hydrogen-bond donors (Lipinski definition) is 1. The number of amides is 1. The highest BCUT2D eigenvalue weighted by Crippen LogP contribution is 2.27. The van der Waals surface area contributed by atoms with Crippen LogP contribution in [0.4, 0.5) is 0 Å². The molecule has 0 spiro atoms. The summed E-state index contributed by atoms with van der Waals surface area (Å²) in [5.74, 6) is -1.48. The maximum absolute atomic E-state index is 12.4. The van der Waals surface area contributed by atoms with Crippen LogP contribution in [0.25, 0.3) is 0 Å². The normalized spacial score (nSPS) is 22.1. The van der Waals surface area contributed by atoms with E-state index in [0.717, 1.165) is 0 Å². The highest BCUT2D eigenvalue weighted by Gasteiger charge is 2.40. The zero-order chi connectivity index (χ0) is 14.9. The van der Waals surface area contributed by atoms with Crippen molar-refractivity contribution in [2.45, 2.75) is 18.6 Å². The molecule has 1 aromatic rings. The molecule has 2 atom stereocenters. The standard InChI is InChI=1S/C13H13Cl2NO4/c1-20-8-5-11(13(18)19)16(6-8)12(17)9-3-2-7(14)4-10(9)15/h2-4,8,11H,5-6H2,1H3,(H,18,19). The van der Waals surface area contributed by atoms with Crippen molar-refractivity contribution < 1.29 is 19.4 Å². The van der Waals surface area contributed by atoms with Gasteiger partial charge in [0.25, 0.3) is 5.91 Å². The Morgan fingerprint density at radius 3 is 2.65 bits per heavy atom. The van der Waals surface area contributed by atoms with Crippen molar-refractivity contribution in [1.29, 1.82) is 0 Å². The highest BCUT2D eigenvalue weighted by molar-refractivity contribution is 6.36. The van der Waals surface area contributed by atoms with Gasteiger partial charge >= 0.3 is 5.97 Å². The van der Waals surface area contributed by atoms with Gasteiger partial charge in [-0.25, -0.2) is 4.79 Å². The molecule has 1 aromatic carbocycles. The molecule has 1 N–H and O–H groups in total. The Hall–Kier alpha value is -1.30. The monoisotopic (exact) mass is 317 g/mol. The van der Waals surface area contributed by atoms with Gasteiger partial charge in [0, 0.05) is 25.1 Å². The van der Waals surface area contributed by atoms with Gasteiger partial charge in [0.05, 0.1) is 16.7 Å². The van der Waals surface area contributed by atoms with Crippen molar-refractivity contribution in [1.82, 2.24) is 4.90 Å². The average Bonchev–Trinajstić information content (AvgIpc) is 2.82. The summed E-state index contributed by atoms with van der Waals surface area (Å²) >= 11 is 11.8. The largest absolute Gasteiger partial charge is 0.480 e. The third kappa shape index (κ3) is 2.90. The molecule has 2 unspecified atom stereocenters. The molecule has 1 heterocycles. The summed E-state index contributed by atoms with van der Waals surface area (Å²) in [5.41, 5.74) is 0.235. The predicted octanol–water partition coefficient (Wildman–Crippen LogP) is 2.31. The van der Waals surface area contributed by atoms with E-state index in [1.807, 2.05) is 0 Å². The van der Waals surface area contributed by atoms with E-state index in [0.29, 0.717) is 5.02 Å². The van der Waals surface area contributed by atoms with E-state index in [2.05, 4.69) is 0 Å². The number of rotatable bonds is 3.